The zero-order valence-electron chi connectivity index (χ0n) is 20.0. The standard InChI is InChI=1S/C30H27N5O/c1-11-31-29(32-12-1)24-10-8-22-15-25(35-26(22)16-24)20-5-3-19(4-6-20)21-7-9-23-18-28(36-27(23)17-21)30-33-13-2-14-34-30/h3-10,15-18,35H,1-2,11-14H2,(H,31,32)(H,33,34). The topological polar surface area (TPSA) is 77.7 Å². The fraction of sp³-hybridized carbons (Fsp3) is 0.200. The quantitative estimate of drug-likeness (QED) is 0.312. The number of furan rings is 1. The Morgan fingerprint density at radius 3 is 2.08 bits per heavy atom. The van der Waals surface area contributed by atoms with Crippen molar-refractivity contribution in [2.24, 2.45) is 9.98 Å². The van der Waals surface area contributed by atoms with Gasteiger partial charge >= 0.3 is 0 Å². The molecule has 0 saturated carbocycles. The van der Waals surface area contributed by atoms with Gasteiger partial charge in [0.1, 0.15) is 11.4 Å². The number of rotatable bonds is 4. The molecular weight excluding hydrogens is 446 g/mol. The number of nitrogens with zero attached hydrogens (tertiary/aromatic N) is 2. The number of benzene rings is 3. The fourth-order valence-electron chi connectivity index (χ4n) is 5.02. The molecule has 0 saturated heterocycles. The highest BCUT2D eigenvalue weighted by molar-refractivity contribution is 6.02. The molecular formula is C30H27N5O. The van der Waals surface area contributed by atoms with E-state index in [0.717, 1.165) is 101 Å². The Bertz CT molecular complexity index is 1590. The molecule has 6 heteroatoms. The van der Waals surface area contributed by atoms with Crippen molar-refractivity contribution in [2.75, 3.05) is 26.2 Å². The molecule has 36 heavy (non-hydrogen) atoms. The third kappa shape index (κ3) is 3.85. The van der Waals surface area contributed by atoms with Gasteiger partial charge in [-0.1, -0.05) is 48.5 Å². The van der Waals surface area contributed by atoms with Crippen molar-refractivity contribution >= 4 is 33.5 Å². The third-order valence-corrected chi connectivity index (χ3v) is 6.97. The van der Waals surface area contributed by atoms with Crippen molar-refractivity contribution in [3.8, 4) is 22.4 Å². The van der Waals surface area contributed by atoms with Crippen LogP contribution in [0.3, 0.4) is 0 Å². The Balaban J connectivity index is 1.16. The highest BCUT2D eigenvalue weighted by Gasteiger charge is 2.14. The predicted molar refractivity (Wildman–Crippen MR) is 147 cm³/mol. The van der Waals surface area contributed by atoms with Gasteiger partial charge < -0.3 is 20.0 Å². The smallest absolute Gasteiger partial charge is 0.170 e. The Morgan fingerprint density at radius 1 is 0.611 bits per heavy atom. The van der Waals surface area contributed by atoms with E-state index in [1.807, 2.05) is 0 Å². The van der Waals surface area contributed by atoms with Crippen molar-refractivity contribution < 1.29 is 4.42 Å². The lowest BCUT2D eigenvalue weighted by Gasteiger charge is -2.14. The molecule has 0 unspecified atom stereocenters. The van der Waals surface area contributed by atoms with Crippen LogP contribution in [-0.4, -0.2) is 42.8 Å². The summed E-state index contributed by atoms with van der Waals surface area (Å²) in [5, 5.41) is 9.04. The minimum atomic E-state index is 0.811. The van der Waals surface area contributed by atoms with Crippen LogP contribution in [0.25, 0.3) is 44.3 Å². The van der Waals surface area contributed by atoms with E-state index in [9.17, 15) is 0 Å². The zero-order chi connectivity index (χ0) is 23.9. The van der Waals surface area contributed by atoms with Crippen molar-refractivity contribution in [3.63, 3.8) is 0 Å². The van der Waals surface area contributed by atoms with Crippen LogP contribution in [0.5, 0.6) is 0 Å². The van der Waals surface area contributed by atoms with Crippen LogP contribution in [0.15, 0.2) is 87.2 Å². The van der Waals surface area contributed by atoms with Gasteiger partial charge in [-0.25, -0.2) is 0 Å². The first-order valence-electron chi connectivity index (χ1n) is 12.6. The number of aromatic amines is 1. The van der Waals surface area contributed by atoms with E-state index in [0.29, 0.717) is 0 Å². The molecule has 0 aliphatic carbocycles. The number of nitrogens with one attached hydrogen (secondary N) is 3. The Hall–Kier alpha value is -4.32. The van der Waals surface area contributed by atoms with Crippen LogP contribution in [0.2, 0.25) is 0 Å². The van der Waals surface area contributed by atoms with Crippen LogP contribution in [0, 0.1) is 0 Å². The van der Waals surface area contributed by atoms with Crippen LogP contribution in [0.1, 0.15) is 24.2 Å². The second kappa shape index (κ2) is 8.72. The summed E-state index contributed by atoms with van der Waals surface area (Å²) in [4.78, 5) is 12.8. The lowest BCUT2D eigenvalue weighted by atomic mass is 10.0. The summed E-state index contributed by atoms with van der Waals surface area (Å²) >= 11 is 0. The molecule has 7 rings (SSSR count). The van der Waals surface area contributed by atoms with Crippen molar-refractivity contribution in [1.29, 1.82) is 0 Å². The number of hydrogen-bond donors (Lipinski definition) is 3. The molecule has 2 aromatic heterocycles. The monoisotopic (exact) mass is 473 g/mol. The number of fused-ring (bicyclic) bond motifs is 2. The SMILES string of the molecule is c1cc2cc(-c3ccc(-c4ccc5cc(C6=NCCCN6)oc5c4)cc3)[nH]c2cc1C1=NCCCN1. The third-order valence-electron chi connectivity index (χ3n) is 6.97. The number of H-pyrrole nitrogens is 1. The van der Waals surface area contributed by atoms with Crippen molar-refractivity contribution in [3.05, 3.63) is 84.1 Å². The summed E-state index contributed by atoms with van der Waals surface area (Å²) in [7, 11) is 0. The van der Waals surface area contributed by atoms with Gasteiger partial charge in [-0.15, -0.1) is 0 Å². The summed E-state index contributed by atoms with van der Waals surface area (Å²) in [6, 6.07) is 25.9. The van der Waals surface area contributed by atoms with E-state index < -0.39 is 0 Å². The van der Waals surface area contributed by atoms with Crippen LogP contribution < -0.4 is 10.6 Å². The average Bonchev–Trinajstić information content (AvgIpc) is 3.58. The average molecular weight is 474 g/mol. The summed E-state index contributed by atoms with van der Waals surface area (Å²) in [6.45, 7) is 3.67. The van der Waals surface area contributed by atoms with Gasteiger partial charge in [0.2, 0.25) is 0 Å². The molecule has 0 amide bonds. The molecule has 0 radical (unpaired) electrons. The number of aromatic nitrogens is 1. The van der Waals surface area contributed by atoms with Crippen molar-refractivity contribution in [1.82, 2.24) is 15.6 Å². The van der Waals surface area contributed by atoms with Crippen LogP contribution in [-0.2, 0) is 0 Å². The van der Waals surface area contributed by atoms with E-state index in [1.165, 1.54) is 5.39 Å². The predicted octanol–water partition coefficient (Wildman–Crippen LogP) is 5.73. The second-order valence-corrected chi connectivity index (χ2v) is 9.45. The van der Waals surface area contributed by atoms with E-state index >= 15 is 0 Å². The molecule has 0 spiro atoms. The fourth-order valence-corrected chi connectivity index (χ4v) is 5.02. The van der Waals surface area contributed by atoms with E-state index in [1.54, 1.807) is 0 Å². The molecule has 5 aromatic rings. The maximum Gasteiger partial charge on any atom is 0.170 e. The van der Waals surface area contributed by atoms with Gasteiger partial charge in [0, 0.05) is 53.7 Å². The van der Waals surface area contributed by atoms with Gasteiger partial charge in [0.25, 0.3) is 0 Å². The van der Waals surface area contributed by atoms with Gasteiger partial charge in [-0.05, 0) is 53.8 Å². The van der Waals surface area contributed by atoms with Gasteiger partial charge in [0.15, 0.2) is 11.6 Å². The number of hydrogen-bond acceptors (Lipinski definition) is 5. The van der Waals surface area contributed by atoms with E-state index in [2.05, 4.69) is 98.4 Å². The first-order chi connectivity index (χ1) is 17.8. The zero-order valence-corrected chi connectivity index (χ0v) is 20.0. The second-order valence-electron chi connectivity index (χ2n) is 9.45. The first kappa shape index (κ1) is 21.0. The van der Waals surface area contributed by atoms with Crippen LogP contribution in [0.4, 0.5) is 0 Å². The van der Waals surface area contributed by atoms with Crippen molar-refractivity contribution in [2.45, 2.75) is 12.8 Å². The lowest BCUT2D eigenvalue weighted by Crippen LogP contribution is -2.30. The highest BCUT2D eigenvalue weighted by atomic mass is 16.3. The lowest BCUT2D eigenvalue weighted by molar-refractivity contribution is 0.592. The molecule has 4 heterocycles. The van der Waals surface area contributed by atoms with Gasteiger partial charge in [-0.2, -0.15) is 0 Å². The number of amidine groups is 2. The molecule has 2 aliphatic heterocycles. The molecule has 3 aromatic carbocycles. The maximum absolute atomic E-state index is 6.14. The number of aliphatic imine (C=N–C) groups is 2. The van der Waals surface area contributed by atoms with E-state index in [-0.39, 0.29) is 0 Å². The normalized spacial score (nSPS) is 15.9. The Morgan fingerprint density at radius 2 is 1.31 bits per heavy atom. The summed E-state index contributed by atoms with van der Waals surface area (Å²) < 4.78 is 6.14. The van der Waals surface area contributed by atoms with Crippen LogP contribution >= 0.6 is 0 Å². The molecule has 3 N–H and O–H groups in total. The minimum Gasteiger partial charge on any atom is -0.453 e. The molecule has 2 aliphatic rings. The Kier molecular flexibility index (Phi) is 5.09. The molecule has 0 fully saturated rings. The summed E-state index contributed by atoms with van der Waals surface area (Å²) in [6.07, 6.45) is 2.16. The maximum atomic E-state index is 6.14. The highest BCUT2D eigenvalue weighted by Crippen LogP contribution is 2.30. The van der Waals surface area contributed by atoms with Gasteiger partial charge in [0.05, 0.1) is 0 Å². The summed E-state index contributed by atoms with van der Waals surface area (Å²) in [5.41, 5.74) is 7.70. The summed E-state index contributed by atoms with van der Waals surface area (Å²) in [5.74, 6) is 2.66. The first-order valence-corrected chi connectivity index (χ1v) is 12.6. The minimum absolute atomic E-state index is 0.811. The Labute approximate surface area is 209 Å². The largest absolute Gasteiger partial charge is 0.453 e. The van der Waals surface area contributed by atoms with E-state index in [4.69, 9.17) is 4.42 Å². The molecule has 0 bridgehead atoms. The molecule has 0 atom stereocenters. The molecule has 178 valence electrons. The molecule has 6 nitrogen and oxygen atoms in total. The van der Waals surface area contributed by atoms with Gasteiger partial charge in [-0.3, -0.25) is 9.98 Å².